The van der Waals surface area contributed by atoms with E-state index in [0.29, 0.717) is 5.56 Å². The summed E-state index contributed by atoms with van der Waals surface area (Å²) in [7, 11) is 0. The third-order valence-corrected chi connectivity index (χ3v) is 5.60. The third kappa shape index (κ3) is 3.48. The van der Waals surface area contributed by atoms with Crippen LogP contribution in [0.4, 0.5) is 5.82 Å². The largest absolute Gasteiger partial charge is 0.354 e. The predicted octanol–water partition coefficient (Wildman–Crippen LogP) is 4.26. The molecule has 0 bridgehead atoms. The highest BCUT2D eigenvalue weighted by atomic mass is 16.2. The molecule has 0 spiro atoms. The topological polar surface area (TPSA) is 53.7 Å². The first-order valence-corrected chi connectivity index (χ1v) is 10.5. The van der Waals surface area contributed by atoms with Crippen molar-refractivity contribution in [3.05, 3.63) is 48.4 Å². The second kappa shape index (κ2) is 7.85. The summed E-state index contributed by atoms with van der Waals surface area (Å²) in [6.07, 6.45) is 7.99. The van der Waals surface area contributed by atoms with E-state index in [2.05, 4.69) is 47.0 Å². The molecule has 0 N–H and O–H groups in total. The molecule has 0 aliphatic carbocycles. The minimum Gasteiger partial charge on any atom is -0.354 e. The number of nitrogens with zero attached hydrogens (tertiary/aromatic N) is 5. The average Bonchev–Trinajstić information content (AvgIpc) is 3.37. The number of imidazole rings is 1. The molecule has 1 aliphatic rings. The monoisotopic (exact) mass is 391 g/mol. The molecule has 6 heteroatoms. The van der Waals surface area contributed by atoms with Gasteiger partial charge in [0.25, 0.3) is 5.91 Å². The van der Waals surface area contributed by atoms with Crippen LogP contribution in [0.1, 0.15) is 50.9 Å². The smallest absolute Gasteiger partial charge is 0.255 e. The zero-order valence-electron chi connectivity index (χ0n) is 17.7. The third-order valence-electron chi connectivity index (χ3n) is 5.60. The first-order chi connectivity index (χ1) is 14.0. The lowest BCUT2D eigenvalue weighted by molar-refractivity contribution is 0.0644. The zero-order chi connectivity index (χ0) is 20.5. The van der Waals surface area contributed by atoms with Gasteiger partial charge in [0, 0.05) is 48.7 Å². The summed E-state index contributed by atoms with van der Waals surface area (Å²) in [5, 5.41) is 0. The fourth-order valence-corrected chi connectivity index (χ4v) is 4.35. The molecule has 1 aliphatic heterocycles. The average molecular weight is 392 g/mol. The van der Waals surface area contributed by atoms with Crippen LogP contribution in [0.2, 0.25) is 0 Å². The van der Waals surface area contributed by atoms with Crippen LogP contribution < -0.4 is 4.90 Å². The lowest BCUT2D eigenvalue weighted by atomic mass is 10.0. The van der Waals surface area contributed by atoms with Crippen LogP contribution in [-0.2, 0) is 0 Å². The molecule has 3 heterocycles. The van der Waals surface area contributed by atoms with Crippen molar-refractivity contribution < 1.29 is 4.79 Å². The normalized spacial score (nSPS) is 14.3. The summed E-state index contributed by atoms with van der Waals surface area (Å²) in [5.74, 6) is 0.973. The van der Waals surface area contributed by atoms with Crippen LogP contribution in [0.3, 0.4) is 0 Å². The van der Waals surface area contributed by atoms with Crippen LogP contribution in [0.5, 0.6) is 0 Å². The number of rotatable bonds is 5. The van der Waals surface area contributed by atoms with E-state index in [1.807, 2.05) is 47.8 Å². The van der Waals surface area contributed by atoms with Crippen LogP contribution in [0.15, 0.2) is 42.9 Å². The van der Waals surface area contributed by atoms with Crippen LogP contribution in [0, 0.1) is 0 Å². The molecule has 0 radical (unpaired) electrons. The maximum Gasteiger partial charge on any atom is 0.255 e. The quantitative estimate of drug-likeness (QED) is 0.652. The number of anilines is 1. The Labute approximate surface area is 172 Å². The molecule has 0 unspecified atom stereocenters. The Morgan fingerprint density at radius 2 is 1.72 bits per heavy atom. The van der Waals surface area contributed by atoms with E-state index < -0.39 is 0 Å². The minimum absolute atomic E-state index is 0.0503. The van der Waals surface area contributed by atoms with E-state index in [9.17, 15) is 4.79 Å². The summed E-state index contributed by atoms with van der Waals surface area (Å²) in [5.41, 5.74) is 3.36. The minimum atomic E-state index is 0.0503. The summed E-state index contributed by atoms with van der Waals surface area (Å²) in [6, 6.07) is 8.08. The highest BCUT2D eigenvalue weighted by Gasteiger charge is 2.25. The Balaban J connectivity index is 1.82. The number of hydrogen-bond acceptors (Lipinski definition) is 4. The highest BCUT2D eigenvalue weighted by molar-refractivity contribution is 6.01. The van der Waals surface area contributed by atoms with Crippen molar-refractivity contribution in [3.63, 3.8) is 0 Å². The Morgan fingerprint density at radius 3 is 2.41 bits per heavy atom. The first-order valence-electron chi connectivity index (χ1n) is 10.5. The van der Waals surface area contributed by atoms with E-state index >= 15 is 0 Å². The Kier molecular flexibility index (Phi) is 5.26. The van der Waals surface area contributed by atoms with Gasteiger partial charge in [0.1, 0.15) is 0 Å². The van der Waals surface area contributed by atoms with Gasteiger partial charge < -0.3 is 9.80 Å². The summed E-state index contributed by atoms with van der Waals surface area (Å²) >= 11 is 0. The van der Waals surface area contributed by atoms with Crippen molar-refractivity contribution in [1.82, 2.24) is 19.3 Å². The molecule has 1 aromatic carbocycles. The van der Waals surface area contributed by atoms with Crippen molar-refractivity contribution >= 4 is 17.4 Å². The molecule has 3 aromatic rings. The van der Waals surface area contributed by atoms with Crippen molar-refractivity contribution in [3.8, 4) is 11.3 Å². The number of aromatic nitrogens is 3. The number of amides is 1. The van der Waals surface area contributed by atoms with Gasteiger partial charge in [-0.2, -0.15) is 0 Å². The van der Waals surface area contributed by atoms with E-state index in [1.54, 1.807) is 0 Å². The molecule has 152 valence electrons. The number of carbonyl (C=O) groups excluding carboxylic acids is 1. The molecular weight excluding hydrogens is 362 g/mol. The second-order valence-electron chi connectivity index (χ2n) is 8.23. The molecule has 2 aromatic heterocycles. The predicted molar refractivity (Wildman–Crippen MR) is 116 cm³/mol. The Bertz CT molecular complexity index is 1010. The molecular formula is C23H29N5O. The standard InChI is InChI=1S/C23H29N5O/c1-16(2)28(17(3)4)23(29)19-10-6-5-9-18(19)20-15-25-22-21(24-11-14-27(20)22)26-12-7-8-13-26/h5-6,9-11,14-17H,7-8,12-13H2,1-4H3. The van der Waals surface area contributed by atoms with Gasteiger partial charge in [0.2, 0.25) is 0 Å². The van der Waals surface area contributed by atoms with Crippen molar-refractivity contribution in [1.29, 1.82) is 0 Å². The molecule has 0 saturated carbocycles. The second-order valence-corrected chi connectivity index (χ2v) is 8.23. The molecule has 29 heavy (non-hydrogen) atoms. The van der Waals surface area contributed by atoms with Crippen molar-refractivity contribution in [2.75, 3.05) is 18.0 Å². The highest BCUT2D eigenvalue weighted by Crippen LogP contribution is 2.30. The zero-order valence-corrected chi connectivity index (χ0v) is 17.7. The van der Waals surface area contributed by atoms with Crippen LogP contribution in [-0.4, -0.2) is 50.3 Å². The summed E-state index contributed by atoms with van der Waals surface area (Å²) in [6.45, 7) is 10.3. The van der Waals surface area contributed by atoms with Gasteiger partial charge in [0.15, 0.2) is 11.5 Å². The lowest BCUT2D eigenvalue weighted by Gasteiger charge is -2.31. The van der Waals surface area contributed by atoms with Gasteiger partial charge in [-0.05, 0) is 46.6 Å². The summed E-state index contributed by atoms with van der Waals surface area (Å²) < 4.78 is 2.06. The Morgan fingerprint density at radius 1 is 1.03 bits per heavy atom. The SMILES string of the molecule is CC(C)N(C(=O)c1ccccc1-c1cnc2c(N3CCCC3)nccn12)C(C)C. The van der Waals surface area contributed by atoms with Gasteiger partial charge in [-0.15, -0.1) is 0 Å². The number of carbonyl (C=O) groups is 1. The lowest BCUT2D eigenvalue weighted by Crippen LogP contribution is -2.42. The van der Waals surface area contributed by atoms with Gasteiger partial charge >= 0.3 is 0 Å². The number of hydrogen-bond donors (Lipinski definition) is 0. The number of benzene rings is 1. The van der Waals surface area contributed by atoms with Crippen molar-refractivity contribution in [2.45, 2.75) is 52.6 Å². The molecule has 1 amide bonds. The van der Waals surface area contributed by atoms with E-state index in [4.69, 9.17) is 0 Å². The molecule has 6 nitrogen and oxygen atoms in total. The van der Waals surface area contributed by atoms with Crippen LogP contribution >= 0.6 is 0 Å². The summed E-state index contributed by atoms with van der Waals surface area (Å²) in [4.78, 5) is 26.9. The fraction of sp³-hybridized carbons (Fsp3) is 0.435. The maximum atomic E-state index is 13.4. The Hall–Kier alpha value is -2.89. The molecule has 4 rings (SSSR count). The van der Waals surface area contributed by atoms with Gasteiger partial charge in [-0.3, -0.25) is 9.20 Å². The maximum absolute atomic E-state index is 13.4. The van der Waals surface area contributed by atoms with Crippen molar-refractivity contribution in [2.24, 2.45) is 0 Å². The van der Waals surface area contributed by atoms with Gasteiger partial charge in [-0.1, -0.05) is 18.2 Å². The van der Waals surface area contributed by atoms with E-state index in [0.717, 1.165) is 35.8 Å². The molecule has 0 atom stereocenters. The van der Waals surface area contributed by atoms with Gasteiger partial charge in [-0.25, -0.2) is 9.97 Å². The van der Waals surface area contributed by atoms with Crippen LogP contribution in [0.25, 0.3) is 16.9 Å². The van der Waals surface area contributed by atoms with E-state index in [1.165, 1.54) is 12.8 Å². The first kappa shape index (κ1) is 19.4. The molecule has 1 saturated heterocycles. The molecule has 1 fully saturated rings. The van der Waals surface area contributed by atoms with Gasteiger partial charge in [0.05, 0.1) is 11.9 Å². The number of fused-ring (bicyclic) bond motifs is 1. The van der Waals surface area contributed by atoms with E-state index in [-0.39, 0.29) is 18.0 Å². The fourth-order valence-electron chi connectivity index (χ4n) is 4.35.